The highest BCUT2D eigenvalue weighted by atomic mass is 32.1. The third kappa shape index (κ3) is 2.40. The summed E-state index contributed by atoms with van der Waals surface area (Å²) >= 11 is 1.78. The maximum absolute atomic E-state index is 12.2. The van der Waals surface area contributed by atoms with Crippen LogP contribution >= 0.6 is 11.3 Å². The fraction of sp³-hybridized carbons (Fsp3) is 0.688. The summed E-state index contributed by atoms with van der Waals surface area (Å²) in [4.78, 5) is 17.1. The molecule has 1 aromatic heterocycles. The van der Waals surface area contributed by atoms with Gasteiger partial charge in [0.05, 0.1) is 0 Å². The summed E-state index contributed by atoms with van der Waals surface area (Å²) in [5, 5.41) is 4.41. The number of amides is 1. The molecule has 0 spiro atoms. The molecule has 3 aliphatic rings. The van der Waals surface area contributed by atoms with Gasteiger partial charge >= 0.3 is 0 Å². The second-order valence-corrected chi connectivity index (χ2v) is 7.33. The number of hydrogen-bond donors (Lipinski definition) is 0. The van der Waals surface area contributed by atoms with E-state index in [0.717, 1.165) is 38.4 Å². The minimum absolute atomic E-state index is 0.413. The topological polar surface area (TPSA) is 23.6 Å². The zero-order valence-electron chi connectivity index (χ0n) is 11.8. The van der Waals surface area contributed by atoms with Crippen LogP contribution in [0.1, 0.15) is 37.7 Å². The van der Waals surface area contributed by atoms with Crippen LogP contribution in [0.15, 0.2) is 16.8 Å². The maximum Gasteiger partial charge on any atom is 0.222 e. The van der Waals surface area contributed by atoms with Crippen molar-refractivity contribution in [3.05, 3.63) is 22.4 Å². The van der Waals surface area contributed by atoms with Crippen molar-refractivity contribution in [1.82, 2.24) is 9.80 Å². The van der Waals surface area contributed by atoms with Gasteiger partial charge in [-0.05, 0) is 54.0 Å². The minimum Gasteiger partial charge on any atom is -0.338 e. The second-order valence-electron chi connectivity index (χ2n) is 6.55. The van der Waals surface area contributed by atoms with E-state index in [-0.39, 0.29) is 0 Å². The third-order valence-corrected chi connectivity index (χ3v) is 5.85. The van der Waals surface area contributed by atoms with Crippen molar-refractivity contribution >= 4 is 17.2 Å². The first-order valence-electron chi connectivity index (χ1n) is 7.86. The summed E-state index contributed by atoms with van der Waals surface area (Å²) in [5.74, 6) is 1.22. The molecule has 3 fully saturated rings. The van der Waals surface area contributed by atoms with Crippen molar-refractivity contribution in [2.45, 2.75) is 50.7 Å². The van der Waals surface area contributed by atoms with Crippen molar-refractivity contribution in [3.8, 4) is 0 Å². The predicted octanol–water partition coefficient (Wildman–Crippen LogP) is 2.72. The normalized spacial score (nSPS) is 30.8. The molecule has 0 radical (unpaired) electrons. The first-order valence-corrected chi connectivity index (χ1v) is 8.80. The van der Waals surface area contributed by atoms with Crippen molar-refractivity contribution in [2.75, 3.05) is 13.1 Å². The molecule has 0 aromatic carbocycles. The molecule has 2 aliphatic heterocycles. The highest BCUT2D eigenvalue weighted by Crippen LogP contribution is 2.37. The van der Waals surface area contributed by atoms with E-state index in [0.29, 0.717) is 18.0 Å². The number of carbonyl (C=O) groups is 1. The molecule has 3 heterocycles. The average Bonchev–Trinajstić information content (AvgIpc) is 2.96. The fourth-order valence-electron chi connectivity index (χ4n) is 3.87. The summed E-state index contributed by atoms with van der Waals surface area (Å²) < 4.78 is 0. The molecule has 0 unspecified atom stereocenters. The summed E-state index contributed by atoms with van der Waals surface area (Å²) in [6.45, 7) is 3.25. The monoisotopic (exact) mass is 290 g/mol. The molecular formula is C16H22N2OS. The molecule has 1 saturated carbocycles. The van der Waals surface area contributed by atoms with Crippen LogP contribution in [0.4, 0.5) is 0 Å². The highest BCUT2D eigenvalue weighted by Gasteiger charge is 2.44. The molecular weight excluding hydrogens is 268 g/mol. The first-order chi connectivity index (χ1) is 9.81. The quantitative estimate of drug-likeness (QED) is 0.851. The summed E-state index contributed by atoms with van der Waals surface area (Å²) in [6, 6.07) is 3.33. The average molecular weight is 290 g/mol. The van der Waals surface area contributed by atoms with Gasteiger partial charge in [-0.15, -0.1) is 0 Å². The Morgan fingerprint density at radius 2 is 2.10 bits per heavy atom. The van der Waals surface area contributed by atoms with Gasteiger partial charge in [0.25, 0.3) is 0 Å². The van der Waals surface area contributed by atoms with Gasteiger partial charge in [0.1, 0.15) is 0 Å². The van der Waals surface area contributed by atoms with Crippen LogP contribution in [-0.2, 0) is 11.3 Å². The van der Waals surface area contributed by atoms with Gasteiger partial charge in [-0.25, -0.2) is 0 Å². The molecule has 108 valence electrons. The van der Waals surface area contributed by atoms with E-state index in [9.17, 15) is 4.79 Å². The molecule has 1 aliphatic carbocycles. The Hall–Kier alpha value is -0.870. The van der Waals surface area contributed by atoms with E-state index in [1.165, 1.54) is 24.8 Å². The van der Waals surface area contributed by atoms with Crippen LogP contribution in [0.5, 0.6) is 0 Å². The SMILES string of the molecule is O=C1CC[C@H]2[C@H](CCN2Cc2ccsc2)N1CC1CC1. The minimum atomic E-state index is 0.413. The molecule has 0 N–H and O–H groups in total. The molecule has 2 saturated heterocycles. The maximum atomic E-state index is 12.2. The van der Waals surface area contributed by atoms with Crippen LogP contribution in [0, 0.1) is 5.92 Å². The van der Waals surface area contributed by atoms with Gasteiger partial charge < -0.3 is 4.90 Å². The lowest BCUT2D eigenvalue weighted by Crippen LogP contribution is -2.52. The van der Waals surface area contributed by atoms with Crippen LogP contribution in [-0.4, -0.2) is 40.9 Å². The molecule has 2 atom stereocenters. The molecule has 1 aromatic rings. The lowest BCUT2D eigenvalue weighted by molar-refractivity contribution is -0.138. The van der Waals surface area contributed by atoms with Crippen LogP contribution in [0.25, 0.3) is 0 Å². The predicted molar refractivity (Wildman–Crippen MR) is 80.6 cm³/mol. The Kier molecular flexibility index (Phi) is 3.31. The summed E-state index contributed by atoms with van der Waals surface area (Å²) in [7, 11) is 0. The fourth-order valence-corrected chi connectivity index (χ4v) is 4.53. The Bertz CT molecular complexity index is 483. The molecule has 4 heteroatoms. The third-order valence-electron chi connectivity index (χ3n) is 5.12. The second kappa shape index (κ2) is 5.15. The Balaban J connectivity index is 1.46. The number of rotatable bonds is 4. The van der Waals surface area contributed by atoms with E-state index in [4.69, 9.17) is 0 Å². The smallest absolute Gasteiger partial charge is 0.222 e. The van der Waals surface area contributed by atoms with Gasteiger partial charge in [0, 0.05) is 38.1 Å². The van der Waals surface area contributed by atoms with E-state index in [2.05, 4.69) is 26.6 Å². The van der Waals surface area contributed by atoms with Gasteiger partial charge in [0.15, 0.2) is 0 Å². The van der Waals surface area contributed by atoms with Gasteiger partial charge in [0.2, 0.25) is 5.91 Å². The molecule has 0 bridgehead atoms. The van der Waals surface area contributed by atoms with Crippen molar-refractivity contribution in [1.29, 1.82) is 0 Å². The number of hydrogen-bond acceptors (Lipinski definition) is 3. The number of piperidine rings is 1. The molecule has 20 heavy (non-hydrogen) atoms. The Morgan fingerprint density at radius 1 is 1.20 bits per heavy atom. The number of carbonyl (C=O) groups excluding carboxylic acids is 1. The van der Waals surface area contributed by atoms with Crippen molar-refractivity contribution in [3.63, 3.8) is 0 Å². The van der Waals surface area contributed by atoms with Crippen molar-refractivity contribution < 1.29 is 4.79 Å². The number of likely N-dealkylation sites (tertiary alicyclic amines) is 2. The van der Waals surface area contributed by atoms with Gasteiger partial charge in [-0.3, -0.25) is 9.69 Å². The van der Waals surface area contributed by atoms with E-state index in [1.807, 2.05) is 0 Å². The largest absolute Gasteiger partial charge is 0.338 e. The molecule has 1 amide bonds. The zero-order valence-corrected chi connectivity index (χ0v) is 12.6. The lowest BCUT2D eigenvalue weighted by Gasteiger charge is -2.40. The van der Waals surface area contributed by atoms with E-state index < -0.39 is 0 Å². The van der Waals surface area contributed by atoms with Crippen LogP contribution < -0.4 is 0 Å². The summed E-state index contributed by atoms with van der Waals surface area (Å²) in [5.41, 5.74) is 1.43. The standard InChI is InChI=1S/C16H22N2OS/c19-16-4-3-14-15(18(16)10-12-1-2-12)5-7-17(14)9-13-6-8-20-11-13/h6,8,11-12,14-15H,1-5,7,9-10H2/t14-,15-/m0/s1. The van der Waals surface area contributed by atoms with Gasteiger partial charge in [-0.2, -0.15) is 11.3 Å². The van der Waals surface area contributed by atoms with Crippen molar-refractivity contribution in [2.24, 2.45) is 5.92 Å². The molecule has 4 rings (SSSR count). The number of fused-ring (bicyclic) bond motifs is 1. The first kappa shape index (κ1) is 12.8. The van der Waals surface area contributed by atoms with Crippen LogP contribution in [0.2, 0.25) is 0 Å². The Morgan fingerprint density at radius 3 is 2.85 bits per heavy atom. The van der Waals surface area contributed by atoms with E-state index in [1.54, 1.807) is 11.3 Å². The van der Waals surface area contributed by atoms with Crippen LogP contribution in [0.3, 0.4) is 0 Å². The lowest BCUT2D eigenvalue weighted by atomic mass is 9.95. The zero-order chi connectivity index (χ0) is 13.5. The Labute approximate surface area is 124 Å². The number of thiophene rings is 1. The number of nitrogens with zero attached hydrogens (tertiary/aromatic N) is 2. The van der Waals surface area contributed by atoms with E-state index >= 15 is 0 Å². The van der Waals surface area contributed by atoms with Gasteiger partial charge in [-0.1, -0.05) is 0 Å². The highest BCUT2D eigenvalue weighted by molar-refractivity contribution is 7.07. The molecule has 3 nitrogen and oxygen atoms in total. The summed E-state index contributed by atoms with van der Waals surface area (Å²) in [6.07, 6.45) is 5.66.